The summed E-state index contributed by atoms with van der Waals surface area (Å²) in [6, 6.07) is 3.27. The molecule has 1 aromatic heterocycles. The van der Waals surface area contributed by atoms with Gasteiger partial charge >= 0.3 is 0 Å². The van der Waals surface area contributed by atoms with Crippen molar-refractivity contribution in [3.05, 3.63) is 50.5 Å². The van der Waals surface area contributed by atoms with Crippen LogP contribution in [-0.4, -0.2) is 29.8 Å². The van der Waals surface area contributed by atoms with Gasteiger partial charge in [-0.15, -0.1) is 0 Å². The van der Waals surface area contributed by atoms with Gasteiger partial charge in [0.25, 0.3) is 5.69 Å². The molecular weight excluding hydrogens is 340 g/mol. The Kier molecular flexibility index (Phi) is 3.77. The summed E-state index contributed by atoms with van der Waals surface area (Å²) in [5.74, 6) is -0.155. The third-order valence-electron chi connectivity index (χ3n) is 3.61. The van der Waals surface area contributed by atoms with Crippen molar-refractivity contribution >= 4 is 32.8 Å². The van der Waals surface area contributed by atoms with Gasteiger partial charge in [-0.2, -0.15) is 0 Å². The van der Waals surface area contributed by atoms with Gasteiger partial charge in [0.05, 0.1) is 21.6 Å². The van der Waals surface area contributed by atoms with Crippen LogP contribution in [0.4, 0.5) is 5.69 Å². The van der Waals surface area contributed by atoms with Gasteiger partial charge in [0.2, 0.25) is 0 Å². The minimum atomic E-state index is -3.79. The maximum absolute atomic E-state index is 12.7. The summed E-state index contributed by atoms with van der Waals surface area (Å²) in [5.41, 5.74) is -0.0377. The van der Waals surface area contributed by atoms with Crippen molar-refractivity contribution in [3.63, 3.8) is 0 Å². The Labute approximate surface area is 136 Å². The van der Waals surface area contributed by atoms with E-state index in [2.05, 4.69) is 4.37 Å². The normalized spacial score (nSPS) is 14.7. The minimum Gasteiger partial charge on any atom is -0.288 e. The van der Waals surface area contributed by atoms with Crippen molar-refractivity contribution in [1.29, 1.82) is 0 Å². The van der Waals surface area contributed by atoms with E-state index in [9.17, 15) is 23.3 Å². The minimum absolute atomic E-state index is 0.0554. The lowest BCUT2D eigenvalue weighted by molar-refractivity contribution is -0.385. The second kappa shape index (κ2) is 5.50. The zero-order valence-corrected chi connectivity index (χ0v) is 13.7. The van der Waals surface area contributed by atoms with Crippen LogP contribution in [0.1, 0.15) is 39.6 Å². The molecule has 0 amide bonds. The summed E-state index contributed by atoms with van der Waals surface area (Å²) in [6.45, 7) is 0. The second-order valence-electron chi connectivity index (χ2n) is 5.42. The number of non-ortho nitro benzene ring substituents is 1. The van der Waals surface area contributed by atoms with Crippen LogP contribution in [0, 0.1) is 10.1 Å². The zero-order valence-electron chi connectivity index (χ0n) is 12.1. The van der Waals surface area contributed by atoms with Gasteiger partial charge < -0.3 is 0 Å². The van der Waals surface area contributed by atoms with Gasteiger partial charge in [0, 0.05) is 28.8 Å². The number of carbonyl (C=O) groups excluding carboxylic acids is 1. The molecule has 120 valence electrons. The van der Waals surface area contributed by atoms with E-state index in [1.807, 2.05) is 0 Å². The number of carbonyl (C=O) groups is 1. The van der Waals surface area contributed by atoms with Crippen molar-refractivity contribution in [1.82, 2.24) is 4.37 Å². The SMILES string of the molecule is CS(=O)(=O)c1cc([N+](=O)[O-])ccc1C(=O)c1cnsc1C1CC1. The Morgan fingerprint density at radius 2 is 2.04 bits per heavy atom. The van der Waals surface area contributed by atoms with E-state index in [0.29, 0.717) is 11.5 Å². The van der Waals surface area contributed by atoms with Crippen molar-refractivity contribution in [2.45, 2.75) is 23.7 Å². The number of nitro benzene ring substituents is 1. The molecule has 0 spiro atoms. The average Bonchev–Trinajstić information content (AvgIpc) is 3.22. The van der Waals surface area contributed by atoms with Crippen molar-refractivity contribution in [2.75, 3.05) is 6.26 Å². The summed E-state index contributed by atoms with van der Waals surface area (Å²) in [7, 11) is -3.79. The predicted octanol–water partition coefficient (Wildman–Crippen LogP) is 2.56. The number of nitrogens with zero attached hydrogens (tertiary/aromatic N) is 2. The molecule has 1 aliphatic carbocycles. The Morgan fingerprint density at radius 3 is 2.61 bits per heavy atom. The monoisotopic (exact) mass is 352 g/mol. The molecule has 1 aliphatic rings. The Bertz CT molecular complexity index is 913. The van der Waals surface area contributed by atoms with E-state index < -0.39 is 20.5 Å². The standard InChI is InChI=1S/C14H12N2O5S2/c1-23(20,21)12-6-9(16(18)19)4-5-10(12)13(17)11-7-15-22-14(11)8-2-3-8/h4-8H,2-3H2,1H3. The first-order valence-electron chi connectivity index (χ1n) is 6.77. The molecule has 0 saturated heterocycles. The molecule has 0 atom stereocenters. The number of ketones is 1. The first-order chi connectivity index (χ1) is 10.8. The maximum atomic E-state index is 12.7. The number of hydrogen-bond acceptors (Lipinski definition) is 7. The van der Waals surface area contributed by atoms with Crippen LogP contribution < -0.4 is 0 Å². The van der Waals surface area contributed by atoms with Crippen LogP contribution in [0.15, 0.2) is 29.3 Å². The molecular formula is C14H12N2O5S2. The van der Waals surface area contributed by atoms with E-state index in [1.165, 1.54) is 23.8 Å². The van der Waals surface area contributed by atoms with Crippen molar-refractivity contribution < 1.29 is 18.1 Å². The molecule has 0 unspecified atom stereocenters. The van der Waals surface area contributed by atoms with Crippen LogP contribution in [0.25, 0.3) is 0 Å². The highest BCUT2D eigenvalue weighted by atomic mass is 32.2. The average molecular weight is 352 g/mol. The molecule has 1 saturated carbocycles. The maximum Gasteiger partial charge on any atom is 0.270 e. The number of aromatic nitrogens is 1. The molecule has 7 nitrogen and oxygen atoms in total. The fraction of sp³-hybridized carbons (Fsp3) is 0.286. The Morgan fingerprint density at radius 1 is 1.35 bits per heavy atom. The quantitative estimate of drug-likeness (QED) is 0.465. The van der Waals surface area contributed by atoms with Crippen LogP contribution in [0.5, 0.6) is 0 Å². The van der Waals surface area contributed by atoms with Crippen molar-refractivity contribution in [2.24, 2.45) is 0 Å². The number of sulfone groups is 1. The summed E-state index contributed by atoms with van der Waals surface area (Å²) >= 11 is 1.24. The molecule has 0 radical (unpaired) electrons. The third kappa shape index (κ3) is 3.02. The molecule has 1 aromatic carbocycles. The molecule has 0 aliphatic heterocycles. The fourth-order valence-corrected chi connectivity index (χ4v) is 4.12. The van der Waals surface area contributed by atoms with E-state index in [4.69, 9.17) is 0 Å². The third-order valence-corrected chi connectivity index (χ3v) is 5.71. The zero-order chi connectivity index (χ0) is 16.8. The molecule has 0 bridgehead atoms. The van der Waals surface area contributed by atoms with E-state index in [0.717, 1.165) is 36.1 Å². The lowest BCUT2D eigenvalue weighted by atomic mass is 10.0. The topological polar surface area (TPSA) is 107 Å². The van der Waals surface area contributed by atoms with Crippen LogP contribution in [0.3, 0.4) is 0 Å². The highest BCUT2D eigenvalue weighted by molar-refractivity contribution is 7.90. The van der Waals surface area contributed by atoms with Gasteiger partial charge in [-0.1, -0.05) is 0 Å². The van der Waals surface area contributed by atoms with E-state index in [1.54, 1.807) is 0 Å². The van der Waals surface area contributed by atoms with Gasteiger partial charge in [-0.05, 0) is 36.4 Å². The van der Waals surface area contributed by atoms with Crippen LogP contribution in [0.2, 0.25) is 0 Å². The smallest absolute Gasteiger partial charge is 0.270 e. The number of hydrogen-bond donors (Lipinski definition) is 0. The molecule has 3 rings (SSSR count). The predicted molar refractivity (Wildman–Crippen MR) is 83.7 cm³/mol. The van der Waals surface area contributed by atoms with E-state index in [-0.39, 0.29) is 16.1 Å². The van der Waals surface area contributed by atoms with Gasteiger partial charge in [0.15, 0.2) is 15.6 Å². The van der Waals surface area contributed by atoms with E-state index >= 15 is 0 Å². The summed E-state index contributed by atoms with van der Waals surface area (Å²) < 4.78 is 27.9. The molecule has 1 fully saturated rings. The highest BCUT2D eigenvalue weighted by Crippen LogP contribution is 2.44. The lowest BCUT2D eigenvalue weighted by Gasteiger charge is -2.07. The van der Waals surface area contributed by atoms with Gasteiger partial charge in [0.1, 0.15) is 0 Å². The van der Waals surface area contributed by atoms with Gasteiger partial charge in [-0.3, -0.25) is 14.9 Å². The molecule has 1 heterocycles. The number of nitro groups is 1. The lowest BCUT2D eigenvalue weighted by Crippen LogP contribution is -2.10. The molecule has 9 heteroatoms. The van der Waals surface area contributed by atoms with Crippen molar-refractivity contribution in [3.8, 4) is 0 Å². The Hall–Kier alpha value is -2.13. The Balaban J connectivity index is 2.13. The van der Waals surface area contributed by atoms with Gasteiger partial charge in [-0.25, -0.2) is 12.8 Å². The number of benzene rings is 1. The first kappa shape index (κ1) is 15.8. The first-order valence-corrected chi connectivity index (χ1v) is 9.43. The fourth-order valence-electron chi connectivity index (χ4n) is 2.32. The highest BCUT2D eigenvalue weighted by Gasteiger charge is 2.32. The van der Waals surface area contributed by atoms with Crippen LogP contribution >= 0.6 is 11.5 Å². The second-order valence-corrected chi connectivity index (χ2v) is 8.23. The largest absolute Gasteiger partial charge is 0.288 e. The molecule has 0 N–H and O–H groups in total. The summed E-state index contributed by atoms with van der Waals surface area (Å²) in [5, 5.41) is 10.9. The van der Waals surface area contributed by atoms with Crippen LogP contribution in [-0.2, 0) is 9.84 Å². The summed E-state index contributed by atoms with van der Waals surface area (Å²) in [6.07, 6.45) is 4.34. The molecule has 23 heavy (non-hydrogen) atoms. The summed E-state index contributed by atoms with van der Waals surface area (Å²) in [4.78, 5) is 23.4. The number of rotatable bonds is 5. The molecule has 2 aromatic rings.